The summed E-state index contributed by atoms with van der Waals surface area (Å²) in [5, 5.41) is 12.2. The molecule has 0 aliphatic heterocycles. The van der Waals surface area contributed by atoms with Crippen molar-refractivity contribution in [2.45, 2.75) is 6.92 Å². The third-order valence-corrected chi connectivity index (χ3v) is 2.77. The zero-order valence-corrected chi connectivity index (χ0v) is 10.4. The molecule has 0 unspecified atom stereocenters. The first-order valence-electron chi connectivity index (χ1n) is 5.29. The standard InChI is InChI=1S/C13H11ClN2O2/c1-8-10(3-2-6-15-8)13(18)16-12-5-4-9(17)7-11(12)14/h2-7,17H,1H3,(H,16,18). The van der Waals surface area contributed by atoms with Gasteiger partial charge in [0.2, 0.25) is 0 Å². The second kappa shape index (κ2) is 5.06. The van der Waals surface area contributed by atoms with Gasteiger partial charge in [0, 0.05) is 18.0 Å². The molecular formula is C13H11ClN2O2. The molecule has 0 bridgehead atoms. The molecule has 0 saturated carbocycles. The Morgan fingerprint density at radius 2 is 2.17 bits per heavy atom. The first-order chi connectivity index (χ1) is 8.58. The topological polar surface area (TPSA) is 62.2 Å². The average molecular weight is 263 g/mol. The summed E-state index contributed by atoms with van der Waals surface area (Å²) in [7, 11) is 0. The van der Waals surface area contributed by atoms with Crippen LogP contribution in [-0.2, 0) is 0 Å². The first-order valence-corrected chi connectivity index (χ1v) is 5.67. The van der Waals surface area contributed by atoms with Gasteiger partial charge in [0.15, 0.2) is 0 Å². The van der Waals surface area contributed by atoms with Crippen molar-refractivity contribution in [3.63, 3.8) is 0 Å². The van der Waals surface area contributed by atoms with E-state index in [1.807, 2.05) is 0 Å². The second-order valence-corrected chi connectivity index (χ2v) is 4.16. The van der Waals surface area contributed by atoms with Crippen LogP contribution >= 0.6 is 11.6 Å². The number of phenolic OH excluding ortho intramolecular Hbond substituents is 1. The van der Waals surface area contributed by atoms with Crippen LogP contribution in [-0.4, -0.2) is 16.0 Å². The summed E-state index contributed by atoms with van der Waals surface area (Å²) in [5.41, 5.74) is 1.58. The SMILES string of the molecule is Cc1ncccc1C(=O)Nc1ccc(O)cc1Cl. The molecule has 0 atom stereocenters. The lowest BCUT2D eigenvalue weighted by molar-refractivity contribution is 0.102. The molecule has 2 rings (SSSR count). The highest BCUT2D eigenvalue weighted by Gasteiger charge is 2.11. The van der Waals surface area contributed by atoms with E-state index in [0.29, 0.717) is 16.9 Å². The van der Waals surface area contributed by atoms with Crippen molar-refractivity contribution in [2.75, 3.05) is 5.32 Å². The Labute approximate surface area is 109 Å². The number of benzene rings is 1. The molecule has 18 heavy (non-hydrogen) atoms. The number of aryl methyl sites for hydroxylation is 1. The molecule has 1 aromatic heterocycles. The van der Waals surface area contributed by atoms with Crippen LogP contribution in [0.2, 0.25) is 5.02 Å². The maximum absolute atomic E-state index is 12.0. The molecule has 2 aromatic rings. The van der Waals surface area contributed by atoms with Crippen molar-refractivity contribution in [2.24, 2.45) is 0 Å². The number of pyridine rings is 1. The Morgan fingerprint density at radius 3 is 2.83 bits per heavy atom. The van der Waals surface area contributed by atoms with Gasteiger partial charge in [0.25, 0.3) is 5.91 Å². The second-order valence-electron chi connectivity index (χ2n) is 3.75. The van der Waals surface area contributed by atoms with Crippen molar-refractivity contribution in [1.29, 1.82) is 0 Å². The van der Waals surface area contributed by atoms with Gasteiger partial charge in [-0.05, 0) is 31.2 Å². The molecule has 1 heterocycles. The fourth-order valence-corrected chi connectivity index (χ4v) is 1.74. The van der Waals surface area contributed by atoms with E-state index in [0.717, 1.165) is 0 Å². The molecule has 2 N–H and O–H groups in total. The minimum atomic E-state index is -0.284. The Bertz CT molecular complexity index is 599. The van der Waals surface area contributed by atoms with Gasteiger partial charge < -0.3 is 10.4 Å². The Kier molecular flexibility index (Phi) is 3.48. The number of nitrogens with one attached hydrogen (secondary N) is 1. The Morgan fingerprint density at radius 1 is 1.39 bits per heavy atom. The normalized spacial score (nSPS) is 10.1. The van der Waals surface area contributed by atoms with Gasteiger partial charge in [-0.2, -0.15) is 0 Å². The number of carbonyl (C=O) groups is 1. The summed E-state index contributed by atoms with van der Waals surface area (Å²) in [4.78, 5) is 16.0. The van der Waals surface area contributed by atoms with Gasteiger partial charge in [-0.3, -0.25) is 9.78 Å². The zero-order valence-electron chi connectivity index (χ0n) is 9.64. The lowest BCUT2D eigenvalue weighted by Crippen LogP contribution is -2.14. The van der Waals surface area contributed by atoms with Crippen LogP contribution < -0.4 is 5.32 Å². The molecule has 5 heteroatoms. The molecule has 0 saturated heterocycles. The zero-order chi connectivity index (χ0) is 13.1. The largest absolute Gasteiger partial charge is 0.508 e. The van der Waals surface area contributed by atoms with Gasteiger partial charge in [-0.25, -0.2) is 0 Å². The van der Waals surface area contributed by atoms with E-state index in [4.69, 9.17) is 11.6 Å². The van der Waals surface area contributed by atoms with E-state index in [-0.39, 0.29) is 16.7 Å². The minimum Gasteiger partial charge on any atom is -0.508 e. The third kappa shape index (κ3) is 2.60. The van der Waals surface area contributed by atoms with E-state index in [1.165, 1.54) is 12.1 Å². The summed E-state index contributed by atoms with van der Waals surface area (Å²) in [6, 6.07) is 7.75. The summed E-state index contributed by atoms with van der Waals surface area (Å²) >= 11 is 5.91. The van der Waals surface area contributed by atoms with E-state index in [1.54, 1.807) is 31.3 Å². The lowest BCUT2D eigenvalue weighted by Gasteiger charge is -2.08. The molecule has 0 spiro atoms. The van der Waals surface area contributed by atoms with Crippen LogP contribution in [0.1, 0.15) is 16.1 Å². The average Bonchev–Trinajstić information content (AvgIpc) is 2.33. The van der Waals surface area contributed by atoms with Crippen molar-refractivity contribution >= 4 is 23.2 Å². The monoisotopic (exact) mass is 262 g/mol. The molecule has 92 valence electrons. The molecule has 0 aliphatic rings. The fourth-order valence-electron chi connectivity index (χ4n) is 1.52. The van der Waals surface area contributed by atoms with Crippen molar-refractivity contribution in [3.8, 4) is 5.75 Å². The number of nitrogens with zero attached hydrogens (tertiary/aromatic N) is 1. The number of rotatable bonds is 2. The molecule has 4 nitrogen and oxygen atoms in total. The molecular weight excluding hydrogens is 252 g/mol. The number of hydrogen-bond acceptors (Lipinski definition) is 3. The van der Waals surface area contributed by atoms with Gasteiger partial charge in [0.1, 0.15) is 5.75 Å². The van der Waals surface area contributed by atoms with Crippen LogP contribution in [0.3, 0.4) is 0 Å². The quantitative estimate of drug-likeness (QED) is 0.818. The Balaban J connectivity index is 2.24. The number of hydrogen-bond donors (Lipinski definition) is 2. The van der Waals surface area contributed by atoms with Gasteiger partial charge in [-0.1, -0.05) is 11.6 Å². The van der Waals surface area contributed by atoms with E-state index < -0.39 is 0 Å². The number of anilines is 1. The maximum Gasteiger partial charge on any atom is 0.257 e. The van der Waals surface area contributed by atoms with E-state index >= 15 is 0 Å². The van der Waals surface area contributed by atoms with Crippen LogP contribution in [0, 0.1) is 6.92 Å². The van der Waals surface area contributed by atoms with Gasteiger partial charge in [-0.15, -0.1) is 0 Å². The van der Waals surface area contributed by atoms with E-state index in [9.17, 15) is 9.90 Å². The first kappa shape index (κ1) is 12.4. The molecule has 0 aliphatic carbocycles. The predicted molar refractivity (Wildman–Crippen MR) is 70.0 cm³/mol. The highest BCUT2D eigenvalue weighted by atomic mass is 35.5. The minimum absolute atomic E-state index is 0.0514. The highest BCUT2D eigenvalue weighted by molar-refractivity contribution is 6.34. The number of carbonyl (C=O) groups excluding carboxylic acids is 1. The van der Waals surface area contributed by atoms with Crippen LogP contribution in [0.5, 0.6) is 5.75 Å². The van der Waals surface area contributed by atoms with Crippen molar-refractivity contribution in [3.05, 3.63) is 52.8 Å². The van der Waals surface area contributed by atoms with Crippen LogP contribution in [0.4, 0.5) is 5.69 Å². The number of phenols is 1. The van der Waals surface area contributed by atoms with Gasteiger partial charge in [0.05, 0.1) is 16.3 Å². The summed E-state index contributed by atoms with van der Waals surface area (Å²) < 4.78 is 0. The van der Waals surface area contributed by atoms with Crippen molar-refractivity contribution < 1.29 is 9.90 Å². The van der Waals surface area contributed by atoms with Crippen LogP contribution in [0.25, 0.3) is 0 Å². The number of halogens is 1. The van der Waals surface area contributed by atoms with E-state index in [2.05, 4.69) is 10.3 Å². The molecule has 0 radical (unpaired) electrons. The highest BCUT2D eigenvalue weighted by Crippen LogP contribution is 2.26. The number of amides is 1. The lowest BCUT2D eigenvalue weighted by atomic mass is 10.2. The predicted octanol–water partition coefficient (Wildman–Crippen LogP) is 3.00. The molecule has 1 amide bonds. The summed E-state index contributed by atoms with van der Waals surface area (Å²) in [6.45, 7) is 1.76. The Hall–Kier alpha value is -2.07. The molecule has 0 fully saturated rings. The van der Waals surface area contributed by atoms with Crippen LogP contribution in [0.15, 0.2) is 36.5 Å². The maximum atomic E-state index is 12.0. The number of aromatic hydroxyl groups is 1. The third-order valence-electron chi connectivity index (χ3n) is 2.45. The molecule has 1 aromatic carbocycles. The number of aromatic nitrogens is 1. The van der Waals surface area contributed by atoms with Gasteiger partial charge >= 0.3 is 0 Å². The summed E-state index contributed by atoms with van der Waals surface area (Å²) in [5.74, 6) is -0.233. The van der Waals surface area contributed by atoms with Crippen molar-refractivity contribution in [1.82, 2.24) is 4.98 Å². The fraction of sp³-hybridized carbons (Fsp3) is 0.0769. The summed E-state index contributed by atoms with van der Waals surface area (Å²) in [6.07, 6.45) is 1.62. The smallest absolute Gasteiger partial charge is 0.257 e.